The van der Waals surface area contributed by atoms with Crippen LogP contribution in [0.15, 0.2) is 59.5 Å². The molecule has 0 fully saturated rings. The van der Waals surface area contributed by atoms with Gasteiger partial charge in [0.2, 0.25) is 5.43 Å². The smallest absolute Gasteiger partial charge is 0.274 e. The molecular formula is C27H27F2N3O5. The highest BCUT2D eigenvalue weighted by Crippen LogP contribution is 2.25. The number of likely N-dealkylation sites (N-methyl/N-ethyl adjacent to an activating group) is 1. The molecule has 8 nitrogen and oxygen atoms in total. The van der Waals surface area contributed by atoms with Crippen molar-refractivity contribution in [2.75, 3.05) is 20.3 Å². The molecule has 37 heavy (non-hydrogen) atoms. The lowest BCUT2D eigenvalue weighted by Gasteiger charge is -2.37. The maximum atomic E-state index is 14.0. The summed E-state index contributed by atoms with van der Waals surface area (Å²) in [7, 11) is 1.53. The summed E-state index contributed by atoms with van der Waals surface area (Å²) in [5.41, 5.74) is -0.134. The van der Waals surface area contributed by atoms with Crippen LogP contribution in [0.4, 0.5) is 8.78 Å². The predicted molar refractivity (Wildman–Crippen MR) is 131 cm³/mol. The summed E-state index contributed by atoms with van der Waals surface area (Å²) in [5, 5.41) is 2.50. The molecule has 10 heteroatoms. The number of benzene rings is 2. The lowest BCUT2D eigenvalue weighted by Crippen LogP contribution is -2.51. The van der Waals surface area contributed by atoms with Gasteiger partial charge in [-0.25, -0.2) is 8.78 Å². The van der Waals surface area contributed by atoms with Gasteiger partial charge in [0.25, 0.3) is 11.8 Å². The highest BCUT2D eigenvalue weighted by atomic mass is 19.1. The van der Waals surface area contributed by atoms with Crippen LogP contribution in [0.1, 0.15) is 38.9 Å². The van der Waals surface area contributed by atoms with Crippen molar-refractivity contribution < 1.29 is 27.8 Å². The maximum Gasteiger partial charge on any atom is 0.274 e. The number of aromatic nitrogens is 1. The molecule has 2 aromatic carbocycles. The summed E-state index contributed by atoms with van der Waals surface area (Å²) < 4.78 is 39.9. The van der Waals surface area contributed by atoms with E-state index in [1.54, 1.807) is 4.90 Å². The van der Waals surface area contributed by atoms with Gasteiger partial charge in [-0.2, -0.15) is 0 Å². The molecule has 1 aromatic heterocycles. The molecule has 194 valence electrons. The van der Waals surface area contributed by atoms with Crippen molar-refractivity contribution in [1.29, 1.82) is 0 Å². The van der Waals surface area contributed by atoms with Crippen LogP contribution < -0.4 is 15.5 Å². The number of ether oxygens (including phenoxy) is 2. The van der Waals surface area contributed by atoms with Crippen LogP contribution in [0.3, 0.4) is 0 Å². The zero-order valence-electron chi connectivity index (χ0n) is 20.5. The Morgan fingerprint density at radius 2 is 1.89 bits per heavy atom. The van der Waals surface area contributed by atoms with Gasteiger partial charge >= 0.3 is 0 Å². The average molecular weight is 512 g/mol. The lowest BCUT2D eigenvalue weighted by atomic mass is 10.1. The Morgan fingerprint density at radius 1 is 1.14 bits per heavy atom. The Labute approximate surface area is 212 Å². The van der Waals surface area contributed by atoms with Crippen molar-refractivity contribution >= 4 is 11.8 Å². The number of rotatable bonds is 9. The van der Waals surface area contributed by atoms with Crippen molar-refractivity contribution in [3.05, 3.63) is 99.0 Å². The monoisotopic (exact) mass is 511 g/mol. The molecule has 1 atom stereocenters. The van der Waals surface area contributed by atoms with Crippen LogP contribution in [-0.2, 0) is 24.4 Å². The van der Waals surface area contributed by atoms with E-state index in [-0.39, 0.29) is 54.9 Å². The molecule has 1 aliphatic heterocycles. The summed E-state index contributed by atoms with van der Waals surface area (Å²) in [6.45, 7) is 2.51. The minimum atomic E-state index is -0.818. The van der Waals surface area contributed by atoms with Crippen LogP contribution in [0.2, 0.25) is 0 Å². The number of carbonyl (C=O) groups excluding carboxylic acids is 2. The largest absolute Gasteiger partial charge is 0.483 e. The number of amides is 2. The molecule has 0 bridgehead atoms. The van der Waals surface area contributed by atoms with E-state index >= 15 is 0 Å². The van der Waals surface area contributed by atoms with Crippen LogP contribution in [0.5, 0.6) is 5.75 Å². The number of fused-ring (bicyclic) bond motifs is 1. The molecule has 1 N–H and O–H groups in total. The lowest BCUT2D eigenvalue weighted by molar-refractivity contribution is 0.0418. The standard InChI is InChI=1S/C27H27F2N3O5/c1-3-32-20(16-36-2)13-31-14-21(26(34)30-12-18-9-10-19(28)11-22(18)29)24(33)25(23(31)27(32)35)37-15-17-7-5-4-6-8-17/h4-11,14,20H,3,12-13,15-16H2,1-2H3,(H,30,34)/t20-/m1/s1. The third-order valence-corrected chi connectivity index (χ3v) is 6.17. The zero-order valence-corrected chi connectivity index (χ0v) is 20.5. The Kier molecular flexibility index (Phi) is 7.98. The number of nitrogens with one attached hydrogen (secondary N) is 1. The Balaban J connectivity index is 1.71. The van der Waals surface area contributed by atoms with Gasteiger partial charge in [-0.1, -0.05) is 36.4 Å². The summed E-state index contributed by atoms with van der Waals surface area (Å²) in [4.78, 5) is 41.5. The fourth-order valence-corrected chi connectivity index (χ4v) is 4.33. The first-order valence-corrected chi connectivity index (χ1v) is 11.8. The Morgan fingerprint density at radius 3 is 2.57 bits per heavy atom. The molecule has 0 unspecified atom stereocenters. The molecule has 3 aromatic rings. The van der Waals surface area contributed by atoms with E-state index in [0.29, 0.717) is 12.6 Å². The van der Waals surface area contributed by atoms with Gasteiger partial charge in [-0.05, 0) is 18.6 Å². The van der Waals surface area contributed by atoms with Crippen molar-refractivity contribution in [3.8, 4) is 5.75 Å². The number of hydrogen-bond donors (Lipinski definition) is 1. The normalized spacial score (nSPS) is 14.9. The number of methoxy groups -OCH3 is 1. The molecule has 0 saturated carbocycles. The molecule has 2 heterocycles. The fourth-order valence-electron chi connectivity index (χ4n) is 4.33. The molecular weight excluding hydrogens is 484 g/mol. The maximum absolute atomic E-state index is 14.0. The molecule has 0 spiro atoms. The van der Waals surface area contributed by atoms with Crippen molar-refractivity contribution in [2.24, 2.45) is 0 Å². The summed E-state index contributed by atoms with van der Waals surface area (Å²) in [5.74, 6) is -2.97. The van der Waals surface area contributed by atoms with E-state index < -0.39 is 28.9 Å². The number of pyridine rings is 1. The second-order valence-corrected chi connectivity index (χ2v) is 8.60. The first-order chi connectivity index (χ1) is 17.8. The van der Waals surface area contributed by atoms with E-state index in [9.17, 15) is 23.2 Å². The van der Waals surface area contributed by atoms with Gasteiger partial charge in [0, 0.05) is 44.6 Å². The second kappa shape index (κ2) is 11.3. The van der Waals surface area contributed by atoms with Gasteiger partial charge in [0.1, 0.15) is 23.8 Å². The van der Waals surface area contributed by atoms with Crippen LogP contribution >= 0.6 is 0 Å². The van der Waals surface area contributed by atoms with E-state index in [0.717, 1.165) is 11.6 Å². The van der Waals surface area contributed by atoms with E-state index in [1.807, 2.05) is 37.3 Å². The topological polar surface area (TPSA) is 89.9 Å². The highest BCUT2D eigenvalue weighted by molar-refractivity contribution is 5.99. The van der Waals surface area contributed by atoms with Gasteiger partial charge in [0.15, 0.2) is 11.4 Å². The van der Waals surface area contributed by atoms with Crippen molar-refractivity contribution in [3.63, 3.8) is 0 Å². The Bertz CT molecular complexity index is 1360. The molecule has 2 amide bonds. The van der Waals surface area contributed by atoms with Crippen LogP contribution in [0.25, 0.3) is 0 Å². The molecule has 0 aliphatic carbocycles. The number of nitrogens with zero attached hydrogens (tertiary/aromatic N) is 2. The minimum absolute atomic E-state index is 0.00977. The predicted octanol–water partition coefficient (Wildman–Crippen LogP) is 3.13. The SMILES string of the molecule is CCN1C(=O)c2c(OCc3ccccc3)c(=O)c(C(=O)NCc3ccc(F)cc3F)cn2C[C@@H]1COC. The minimum Gasteiger partial charge on any atom is -0.483 e. The quantitative estimate of drug-likeness (QED) is 0.477. The molecule has 1 aliphatic rings. The van der Waals surface area contributed by atoms with E-state index in [2.05, 4.69) is 5.32 Å². The molecule has 0 saturated heterocycles. The van der Waals surface area contributed by atoms with Gasteiger partial charge in [0.05, 0.1) is 12.6 Å². The van der Waals surface area contributed by atoms with Gasteiger partial charge in [-0.15, -0.1) is 0 Å². The van der Waals surface area contributed by atoms with Crippen LogP contribution in [-0.4, -0.2) is 47.6 Å². The zero-order chi connectivity index (χ0) is 26.5. The first-order valence-electron chi connectivity index (χ1n) is 11.8. The van der Waals surface area contributed by atoms with Gasteiger partial charge < -0.3 is 24.3 Å². The summed E-state index contributed by atoms with van der Waals surface area (Å²) in [6, 6.07) is 11.8. The van der Waals surface area contributed by atoms with E-state index in [1.165, 1.54) is 23.9 Å². The number of hydrogen-bond acceptors (Lipinski definition) is 5. The number of halogens is 2. The molecule has 0 radical (unpaired) electrons. The first kappa shape index (κ1) is 26.0. The third kappa shape index (κ3) is 5.54. The highest BCUT2D eigenvalue weighted by Gasteiger charge is 2.36. The summed E-state index contributed by atoms with van der Waals surface area (Å²) in [6.07, 6.45) is 1.32. The average Bonchev–Trinajstić information content (AvgIpc) is 2.88. The van der Waals surface area contributed by atoms with Gasteiger partial charge in [-0.3, -0.25) is 14.4 Å². The Hall–Kier alpha value is -4.05. The summed E-state index contributed by atoms with van der Waals surface area (Å²) >= 11 is 0. The van der Waals surface area contributed by atoms with Crippen molar-refractivity contribution in [1.82, 2.24) is 14.8 Å². The number of carbonyl (C=O) groups is 2. The van der Waals surface area contributed by atoms with E-state index in [4.69, 9.17) is 9.47 Å². The third-order valence-electron chi connectivity index (χ3n) is 6.17. The second-order valence-electron chi connectivity index (χ2n) is 8.60. The fraction of sp³-hybridized carbons (Fsp3) is 0.296. The van der Waals surface area contributed by atoms with Crippen LogP contribution in [0, 0.1) is 11.6 Å². The van der Waals surface area contributed by atoms with Crippen molar-refractivity contribution in [2.45, 2.75) is 32.7 Å². The molecule has 4 rings (SSSR count).